The first-order valence-corrected chi connectivity index (χ1v) is 13.9. The lowest BCUT2D eigenvalue weighted by molar-refractivity contribution is -0.114. The van der Waals surface area contributed by atoms with Gasteiger partial charge in [0.05, 0.1) is 16.1 Å². The van der Waals surface area contributed by atoms with Crippen LogP contribution in [-0.2, 0) is 15.9 Å². The third kappa shape index (κ3) is 3.98. The maximum Gasteiger partial charge on any atom is 0.255 e. The summed E-state index contributed by atoms with van der Waals surface area (Å²) in [6.45, 7) is 9.96. The molecule has 0 spiro atoms. The fraction of sp³-hybridized carbons (Fsp3) is 0.522. The highest BCUT2D eigenvalue weighted by molar-refractivity contribution is 7.71. The van der Waals surface area contributed by atoms with Crippen molar-refractivity contribution in [2.45, 2.75) is 60.0 Å². The molecule has 1 aromatic heterocycles. The fourth-order valence-corrected chi connectivity index (χ4v) is 7.65. The SMILES string of the molecule is CCP(=O)(CC)c1cc(-c2sc(NC(C)=O)nc2C)cc2c1C(=O)N([C@@H](C)C1CC1)C2. The number of anilines is 1. The summed E-state index contributed by atoms with van der Waals surface area (Å²) >= 11 is 1.41. The number of hydrogen-bond donors (Lipinski definition) is 1. The molecule has 0 radical (unpaired) electrons. The molecule has 1 aliphatic heterocycles. The predicted octanol–water partition coefficient (Wildman–Crippen LogP) is 4.86. The Morgan fingerprint density at radius 1 is 1.32 bits per heavy atom. The molecule has 4 rings (SSSR count). The maximum absolute atomic E-state index is 13.9. The van der Waals surface area contributed by atoms with E-state index in [1.54, 1.807) is 0 Å². The molecule has 1 fully saturated rings. The minimum absolute atomic E-state index is 0.0260. The molecule has 2 heterocycles. The summed E-state index contributed by atoms with van der Waals surface area (Å²) in [7, 11) is -2.69. The molecule has 8 heteroatoms. The predicted molar refractivity (Wildman–Crippen MR) is 127 cm³/mol. The smallest absolute Gasteiger partial charge is 0.255 e. The normalized spacial score (nSPS) is 17.1. The summed E-state index contributed by atoms with van der Waals surface area (Å²) < 4.78 is 13.9. The van der Waals surface area contributed by atoms with Crippen LogP contribution < -0.4 is 10.6 Å². The quantitative estimate of drug-likeness (QED) is 0.600. The summed E-state index contributed by atoms with van der Waals surface area (Å²) in [5, 5.41) is 4.02. The molecule has 1 aromatic carbocycles. The average Bonchev–Trinajstić information content (AvgIpc) is 3.45. The van der Waals surface area contributed by atoms with Crippen molar-refractivity contribution in [2.24, 2.45) is 5.92 Å². The van der Waals surface area contributed by atoms with Gasteiger partial charge in [-0.25, -0.2) is 4.98 Å². The number of aromatic nitrogens is 1. The molecule has 2 aliphatic rings. The summed E-state index contributed by atoms with van der Waals surface area (Å²) in [4.78, 5) is 32.3. The zero-order chi connectivity index (χ0) is 22.5. The highest BCUT2D eigenvalue weighted by Crippen LogP contribution is 2.48. The number of fused-ring (bicyclic) bond motifs is 1. The molecule has 1 aliphatic carbocycles. The molecule has 6 nitrogen and oxygen atoms in total. The lowest BCUT2D eigenvalue weighted by atomic mass is 10.0. The first-order chi connectivity index (χ1) is 14.7. The highest BCUT2D eigenvalue weighted by Gasteiger charge is 2.41. The van der Waals surface area contributed by atoms with E-state index in [0.717, 1.165) is 27.0 Å². The van der Waals surface area contributed by atoms with Crippen LogP contribution >= 0.6 is 18.5 Å². The van der Waals surface area contributed by atoms with Crippen molar-refractivity contribution in [1.82, 2.24) is 9.88 Å². The minimum atomic E-state index is -2.69. The second-order valence-electron chi connectivity index (χ2n) is 8.68. The van der Waals surface area contributed by atoms with E-state index in [9.17, 15) is 14.2 Å². The van der Waals surface area contributed by atoms with Crippen LogP contribution in [0.1, 0.15) is 62.2 Å². The Balaban J connectivity index is 1.85. The fourth-order valence-electron chi connectivity index (χ4n) is 4.50. The van der Waals surface area contributed by atoms with E-state index >= 15 is 0 Å². The largest absolute Gasteiger partial charge is 0.331 e. The van der Waals surface area contributed by atoms with Crippen LogP contribution in [0, 0.1) is 12.8 Å². The number of nitrogens with one attached hydrogen (secondary N) is 1. The molecule has 2 amide bonds. The van der Waals surface area contributed by atoms with Crippen molar-refractivity contribution >= 4 is 40.7 Å². The lowest BCUT2D eigenvalue weighted by Crippen LogP contribution is -2.35. The van der Waals surface area contributed by atoms with E-state index in [4.69, 9.17) is 0 Å². The Morgan fingerprint density at radius 2 is 2.00 bits per heavy atom. The van der Waals surface area contributed by atoms with E-state index in [1.807, 2.05) is 31.7 Å². The Morgan fingerprint density at radius 3 is 2.58 bits per heavy atom. The number of rotatable bonds is 7. The average molecular weight is 460 g/mol. The molecule has 2 aromatic rings. The molecular weight excluding hydrogens is 429 g/mol. The lowest BCUT2D eigenvalue weighted by Gasteiger charge is -2.24. The van der Waals surface area contributed by atoms with Crippen LogP contribution in [0.4, 0.5) is 5.13 Å². The van der Waals surface area contributed by atoms with Crippen LogP contribution in [0.2, 0.25) is 0 Å². The molecule has 0 unspecified atom stereocenters. The van der Waals surface area contributed by atoms with Crippen molar-refractivity contribution < 1.29 is 14.2 Å². The monoisotopic (exact) mass is 459 g/mol. The van der Waals surface area contributed by atoms with Gasteiger partial charge in [0.15, 0.2) is 5.13 Å². The second-order valence-corrected chi connectivity index (χ2v) is 13.2. The molecule has 0 saturated heterocycles. The van der Waals surface area contributed by atoms with Crippen LogP contribution in [0.3, 0.4) is 0 Å². The van der Waals surface area contributed by atoms with E-state index in [1.165, 1.54) is 31.1 Å². The van der Waals surface area contributed by atoms with Gasteiger partial charge in [-0.1, -0.05) is 25.2 Å². The Bertz CT molecular complexity index is 1100. The Kier molecular flexibility index (Phi) is 5.86. The number of carbonyl (C=O) groups is 2. The van der Waals surface area contributed by atoms with Crippen LogP contribution in [0.15, 0.2) is 12.1 Å². The zero-order valence-electron chi connectivity index (χ0n) is 18.8. The highest BCUT2D eigenvalue weighted by atomic mass is 32.1. The van der Waals surface area contributed by atoms with Gasteiger partial charge in [-0.05, 0) is 55.9 Å². The van der Waals surface area contributed by atoms with Crippen molar-refractivity contribution in [3.05, 3.63) is 29.0 Å². The van der Waals surface area contributed by atoms with Crippen LogP contribution in [0.25, 0.3) is 10.4 Å². The van der Waals surface area contributed by atoms with Crippen molar-refractivity contribution in [2.75, 3.05) is 17.6 Å². The van der Waals surface area contributed by atoms with E-state index < -0.39 is 7.14 Å². The first-order valence-electron chi connectivity index (χ1n) is 11.0. The molecular formula is C23H30N3O3PS. The number of carbonyl (C=O) groups excluding carboxylic acids is 2. The summed E-state index contributed by atoms with van der Waals surface area (Å²) in [5.74, 6) is 0.444. The second kappa shape index (κ2) is 8.18. The number of nitrogens with zero attached hydrogens (tertiary/aromatic N) is 2. The van der Waals surface area contributed by atoms with Crippen LogP contribution in [0.5, 0.6) is 0 Å². The standard InChI is InChI=1S/C23H30N3O3PS/c1-6-30(29,7-2)19-11-17(21-13(3)24-23(31-21)25-15(5)27)10-18-12-26(22(28)20(18)19)14(4)16-8-9-16/h10-11,14,16H,6-9,12H2,1-5H3,(H,24,25,27)/t14-/m0/s1. The topological polar surface area (TPSA) is 79.4 Å². The third-order valence-corrected chi connectivity index (χ3v) is 11.0. The third-order valence-electron chi connectivity index (χ3n) is 6.61. The van der Waals surface area contributed by atoms with E-state index in [0.29, 0.717) is 35.5 Å². The Hall–Kier alpha value is -1.98. The van der Waals surface area contributed by atoms with Crippen LogP contribution in [-0.4, -0.2) is 40.1 Å². The number of hydrogen-bond acceptors (Lipinski definition) is 5. The number of thiazole rings is 1. The van der Waals surface area contributed by atoms with E-state index in [2.05, 4.69) is 23.3 Å². The molecule has 1 saturated carbocycles. The van der Waals surface area contributed by atoms with Gasteiger partial charge in [-0.15, -0.1) is 0 Å². The molecule has 31 heavy (non-hydrogen) atoms. The summed E-state index contributed by atoms with van der Waals surface area (Å²) in [5.41, 5.74) is 3.36. The Labute approximate surface area is 187 Å². The molecule has 0 bridgehead atoms. The van der Waals surface area contributed by atoms with Gasteiger partial charge >= 0.3 is 0 Å². The van der Waals surface area contributed by atoms with Gasteiger partial charge in [-0.3, -0.25) is 9.59 Å². The van der Waals surface area contributed by atoms with E-state index in [-0.39, 0.29) is 17.9 Å². The summed E-state index contributed by atoms with van der Waals surface area (Å²) in [6.07, 6.45) is 3.41. The van der Waals surface area contributed by atoms with Gasteiger partial charge < -0.3 is 14.8 Å². The van der Waals surface area contributed by atoms with Gasteiger partial charge in [-0.2, -0.15) is 0 Å². The molecule has 1 N–H and O–H groups in total. The van der Waals surface area contributed by atoms with Gasteiger partial charge in [0.2, 0.25) is 5.91 Å². The van der Waals surface area contributed by atoms with Gasteiger partial charge in [0, 0.05) is 37.1 Å². The van der Waals surface area contributed by atoms with Crippen molar-refractivity contribution in [3.8, 4) is 10.4 Å². The molecule has 166 valence electrons. The van der Waals surface area contributed by atoms with Gasteiger partial charge in [0.1, 0.15) is 7.14 Å². The van der Waals surface area contributed by atoms with Gasteiger partial charge in [0.25, 0.3) is 5.91 Å². The zero-order valence-corrected chi connectivity index (χ0v) is 20.5. The maximum atomic E-state index is 13.9. The number of benzene rings is 1. The first kappa shape index (κ1) is 22.2. The van der Waals surface area contributed by atoms with Crippen molar-refractivity contribution in [1.29, 1.82) is 0 Å². The summed E-state index contributed by atoms with van der Waals surface area (Å²) in [6, 6.07) is 4.22. The molecule has 1 atom stereocenters. The number of aryl methyl sites for hydroxylation is 1. The minimum Gasteiger partial charge on any atom is -0.331 e. The number of amides is 2. The van der Waals surface area contributed by atoms with Crippen molar-refractivity contribution in [3.63, 3.8) is 0 Å².